The van der Waals surface area contributed by atoms with Crippen molar-refractivity contribution in [1.29, 1.82) is 0 Å². The number of rotatable bonds is 6. The maximum atomic E-state index is 14.1. The highest BCUT2D eigenvalue weighted by Gasteiger charge is 2.29. The lowest BCUT2D eigenvalue weighted by molar-refractivity contribution is 0.0695. The van der Waals surface area contributed by atoms with E-state index in [4.69, 9.17) is 10.2 Å². The van der Waals surface area contributed by atoms with E-state index >= 15 is 0 Å². The number of nitrogens with zero attached hydrogens (tertiary/aromatic N) is 1. The van der Waals surface area contributed by atoms with Crippen molar-refractivity contribution in [3.8, 4) is 0 Å². The molecule has 1 aromatic rings. The largest absolute Gasteiger partial charge is 0.478 e. The summed E-state index contributed by atoms with van der Waals surface area (Å²) in [5.41, 5.74) is -0.590. The zero-order chi connectivity index (χ0) is 14.7. The molecule has 0 heterocycles. The van der Waals surface area contributed by atoms with Crippen molar-refractivity contribution >= 4 is 11.7 Å². The van der Waals surface area contributed by atoms with Crippen LogP contribution in [0, 0.1) is 11.6 Å². The second-order valence-corrected chi connectivity index (χ2v) is 4.95. The summed E-state index contributed by atoms with van der Waals surface area (Å²) in [4.78, 5) is 12.4. The second-order valence-electron chi connectivity index (χ2n) is 4.95. The Morgan fingerprint density at radius 1 is 1.30 bits per heavy atom. The van der Waals surface area contributed by atoms with Crippen molar-refractivity contribution in [2.75, 3.05) is 18.1 Å². The summed E-state index contributed by atoms with van der Waals surface area (Å²) < 4.78 is 28.1. The Morgan fingerprint density at radius 3 is 2.30 bits per heavy atom. The molecule has 1 aliphatic rings. The Kier molecular flexibility index (Phi) is 4.54. The van der Waals surface area contributed by atoms with Crippen molar-refractivity contribution in [3.63, 3.8) is 0 Å². The van der Waals surface area contributed by atoms with Gasteiger partial charge in [0.25, 0.3) is 0 Å². The van der Waals surface area contributed by atoms with Gasteiger partial charge in [0.1, 0.15) is 17.3 Å². The molecule has 0 bridgehead atoms. The van der Waals surface area contributed by atoms with Crippen LogP contribution in [0.4, 0.5) is 14.5 Å². The smallest absolute Gasteiger partial charge is 0.335 e. The van der Waals surface area contributed by atoms with Gasteiger partial charge in [0.2, 0.25) is 0 Å². The van der Waals surface area contributed by atoms with E-state index in [9.17, 15) is 13.6 Å². The number of carbonyl (C=O) groups is 1. The van der Waals surface area contributed by atoms with E-state index in [2.05, 4.69) is 0 Å². The van der Waals surface area contributed by atoms with Crippen molar-refractivity contribution in [2.45, 2.75) is 31.7 Å². The predicted octanol–water partition coefficient (Wildman–Crippen LogP) is 2.40. The molecule has 6 heteroatoms. The summed E-state index contributed by atoms with van der Waals surface area (Å²) >= 11 is 0. The summed E-state index contributed by atoms with van der Waals surface area (Å²) in [5, 5.41) is 17.7. The third kappa shape index (κ3) is 2.90. The van der Waals surface area contributed by atoms with Crippen LogP contribution in [0.15, 0.2) is 12.1 Å². The van der Waals surface area contributed by atoms with Crippen LogP contribution in [-0.2, 0) is 0 Å². The number of aliphatic hydroxyl groups is 1. The molecule has 2 rings (SSSR count). The molecule has 1 saturated carbocycles. The Morgan fingerprint density at radius 2 is 1.90 bits per heavy atom. The van der Waals surface area contributed by atoms with Crippen molar-refractivity contribution in [2.24, 2.45) is 0 Å². The summed E-state index contributed by atoms with van der Waals surface area (Å²) in [6, 6.07) is 1.73. The summed E-state index contributed by atoms with van der Waals surface area (Å²) in [6.45, 7) is 0.293. The minimum absolute atomic E-state index is 0.0559. The molecule has 0 radical (unpaired) electrons. The minimum Gasteiger partial charge on any atom is -0.478 e. The number of anilines is 1. The molecule has 4 nitrogen and oxygen atoms in total. The lowest BCUT2D eigenvalue weighted by Crippen LogP contribution is -2.42. The molecular formula is C14H17F2NO3. The highest BCUT2D eigenvalue weighted by Crippen LogP contribution is 2.33. The number of carboxylic acids is 1. The first-order valence-corrected chi connectivity index (χ1v) is 6.64. The second kappa shape index (κ2) is 6.17. The Labute approximate surface area is 115 Å². The Balaban J connectivity index is 2.34. The summed E-state index contributed by atoms with van der Waals surface area (Å²) in [6.07, 6.45) is 3.13. The van der Waals surface area contributed by atoms with E-state index in [1.165, 1.54) is 0 Å². The molecule has 1 aromatic carbocycles. The fraction of sp³-hybridized carbons (Fsp3) is 0.500. The monoisotopic (exact) mass is 285 g/mol. The summed E-state index contributed by atoms with van der Waals surface area (Å²) in [5.74, 6) is -3.10. The van der Waals surface area contributed by atoms with Gasteiger partial charge in [-0.3, -0.25) is 0 Å². The van der Waals surface area contributed by atoms with Crippen LogP contribution in [0.5, 0.6) is 0 Å². The molecular weight excluding hydrogens is 268 g/mol. The number of carboxylic acid groups (broad SMARTS) is 1. The molecule has 0 unspecified atom stereocenters. The first-order valence-electron chi connectivity index (χ1n) is 6.64. The number of aromatic carboxylic acids is 1. The molecule has 0 spiro atoms. The standard InChI is InChI=1S/C14H17F2NO3/c15-11-7-9(14(19)20)8-12(16)13(11)17(5-2-6-18)10-3-1-4-10/h7-8,10,18H,1-6H2,(H,19,20). The lowest BCUT2D eigenvalue weighted by Gasteiger charge is -2.39. The third-order valence-corrected chi connectivity index (χ3v) is 3.62. The van der Waals surface area contributed by atoms with Gasteiger partial charge in [-0.2, -0.15) is 0 Å². The molecule has 0 aromatic heterocycles. The minimum atomic E-state index is -1.36. The van der Waals surface area contributed by atoms with Crippen molar-refractivity contribution in [3.05, 3.63) is 29.3 Å². The van der Waals surface area contributed by atoms with Gasteiger partial charge >= 0.3 is 5.97 Å². The molecule has 2 N–H and O–H groups in total. The molecule has 0 saturated heterocycles. The average molecular weight is 285 g/mol. The number of hydrogen-bond donors (Lipinski definition) is 2. The van der Waals surface area contributed by atoms with Crippen molar-refractivity contribution < 1.29 is 23.8 Å². The van der Waals surface area contributed by atoms with Crippen LogP contribution in [0.2, 0.25) is 0 Å². The Bertz CT molecular complexity index is 480. The van der Waals surface area contributed by atoms with Crippen molar-refractivity contribution in [1.82, 2.24) is 0 Å². The van der Waals surface area contributed by atoms with Crippen LogP contribution < -0.4 is 4.90 Å². The SMILES string of the molecule is O=C(O)c1cc(F)c(N(CCCO)C2CCC2)c(F)c1. The van der Waals surface area contributed by atoms with Gasteiger partial charge in [-0.25, -0.2) is 13.6 Å². The molecule has 0 amide bonds. The molecule has 20 heavy (non-hydrogen) atoms. The quantitative estimate of drug-likeness (QED) is 0.842. The number of halogens is 2. The van der Waals surface area contributed by atoms with Gasteiger partial charge in [-0.05, 0) is 37.8 Å². The van der Waals surface area contributed by atoms with E-state index in [0.29, 0.717) is 13.0 Å². The first kappa shape index (κ1) is 14.7. The molecule has 0 aliphatic heterocycles. The van der Waals surface area contributed by atoms with Gasteiger partial charge in [0, 0.05) is 19.2 Å². The molecule has 0 atom stereocenters. The number of benzene rings is 1. The zero-order valence-electron chi connectivity index (χ0n) is 11.0. The van der Waals surface area contributed by atoms with Crippen LogP contribution >= 0.6 is 0 Å². The topological polar surface area (TPSA) is 60.8 Å². The normalized spacial score (nSPS) is 14.9. The zero-order valence-corrected chi connectivity index (χ0v) is 11.0. The van der Waals surface area contributed by atoms with Gasteiger partial charge < -0.3 is 15.1 Å². The fourth-order valence-electron chi connectivity index (χ4n) is 2.38. The fourth-order valence-corrected chi connectivity index (χ4v) is 2.38. The van der Waals surface area contributed by atoms with E-state index in [0.717, 1.165) is 31.4 Å². The van der Waals surface area contributed by atoms with Crippen LogP contribution in [-0.4, -0.2) is 35.4 Å². The predicted molar refractivity (Wildman–Crippen MR) is 70.0 cm³/mol. The van der Waals surface area contributed by atoms with Gasteiger partial charge in [0.15, 0.2) is 0 Å². The van der Waals surface area contributed by atoms with Crippen LogP contribution in [0.1, 0.15) is 36.0 Å². The number of aliphatic hydroxyl groups excluding tert-OH is 1. The molecule has 110 valence electrons. The maximum absolute atomic E-state index is 14.1. The maximum Gasteiger partial charge on any atom is 0.335 e. The number of hydrogen-bond acceptors (Lipinski definition) is 3. The molecule has 1 aliphatic carbocycles. The highest BCUT2D eigenvalue weighted by atomic mass is 19.1. The van der Waals surface area contributed by atoms with Gasteiger partial charge in [0.05, 0.1) is 5.56 Å². The van der Waals surface area contributed by atoms with E-state index < -0.39 is 23.2 Å². The van der Waals surface area contributed by atoms with E-state index in [1.807, 2.05) is 0 Å². The van der Waals surface area contributed by atoms with E-state index in [-0.39, 0.29) is 18.3 Å². The summed E-state index contributed by atoms with van der Waals surface area (Å²) in [7, 11) is 0. The molecule has 1 fully saturated rings. The average Bonchev–Trinajstić information content (AvgIpc) is 2.32. The highest BCUT2D eigenvalue weighted by molar-refractivity contribution is 5.88. The third-order valence-electron chi connectivity index (χ3n) is 3.62. The Hall–Kier alpha value is -1.69. The van der Waals surface area contributed by atoms with E-state index in [1.54, 1.807) is 4.90 Å². The van der Waals surface area contributed by atoms with Crippen LogP contribution in [0.25, 0.3) is 0 Å². The van der Waals surface area contributed by atoms with Gasteiger partial charge in [-0.1, -0.05) is 0 Å². The first-order chi connectivity index (χ1) is 9.54. The van der Waals surface area contributed by atoms with Gasteiger partial charge in [-0.15, -0.1) is 0 Å². The lowest BCUT2D eigenvalue weighted by atomic mass is 9.90. The van der Waals surface area contributed by atoms with Crippen LogP contribution in [0.3, 0.4) is 0 Å².